The first-order chi connectivity index (χ1) is 16.3. The maximum absolute atomic E-state index is 13.2. The van der Waals surface area contributed by atoms with Crippen LogP contribution in [0.2, 0.25) is 0 Å². The summed E-state index contributed by atoms with van der Waals surface area (Å²) in [5, 5.41) is 11.0. The van der Waals surface area contributed by atoms with E-state index in [1.165, 1.54) is 0 Å². The van der Waals surface area contributed by atoms with Crippen LogP contribution in [0.3, 0.4) is 0 Å². The van der Waals surface area contributed by atoms with Gasteiger partial charge in [-0.05, 0) is 57.1 Å². The van der Waals surface area contributed by atoms with Crippen molar-refractivity contribution < 1.29 is 4.79 Å². The van der Waals surface area contributed by atoms with E-state index in [-0.39, 0.29) is 11.9 Å². The third-order valence-corrected chi connectivity index (χ3v) is 6.95. The fourth-order valence-electron chi connectivity index (χ4n) is 5.25. The van der Waals surface area contributed by atoms with E-state index in [0.717, 1.165) is 92.9 Å². The summed E-state index contributed by atoms with van der Waals surface area (Å²) in [7, 11) is 0. The van der Waals surface area contributed by atoms with E-state index in [0.29, 0.717) is 11.8 Å². The lowest BCUT2D eigenvalue weighted by Gasteiger charge is -2.28. The number of anilines is 3. The van der Waals surface area contributed by atoms with Gasteiger partial charge in [-0.25, -0.2) is 4.98 Å². The van der Waals surface area contributed by atoms with Gasteiger partial charge in [0.15, 0.2) is 5.82 Å². The van der Waals surface area contributed by atoms with Gasteiger partial charge in [-0.1, -0.05) is 0 Å². The summed E-state index contributed by atoms with van der Waals surface area (Å²) < 4.78 is 0. The average molecular weight is 445 g/mol. The number of aromatic amines is 1. The maximum Gasteiger partial charge on any atom is 0.245 e. The molecule has 3 aromatic rings. The van der Waals surface area contributed by atoms with Crippen molar-refractivity contribution in [3.8, 4) is 11.3 Å². The Hall–Kier alpha value is -3.49. The van der Waals surface area contributed by atoms with Crippen LogP contribution in [0.5, 0.6) is 0 Å². The van der Waals surface area contributed by atoms with Crippen LogP contribution in [0, 0.1) is 0 Å². The Morgan fingerprint density at radius 1 is 1.03 bits per heavy atom. The van der Waals surface area contributed by atoms with Gasteiger partial charge < -0.3 is 15.1 Å². The van der Waals surface area contributed by atoms with E-state index in [2.05, 4.69) is 25.4 Å². The summed E-state index contributed by atoms with van der Waals surface area (Å²) in [5.41, 5.74) is 4.20. The molecular weight excluding hydrogens is 416 g/mol. The van der Waals surface area contributed by atoms with Gasteiger partial charge in [-0.3, -0.25) is 14.9 Å². The number of carbonyl (C=O) groups is 1. The highest BCUT2D eigenvalue weighted by Gasteiger charge is 2.37. The molecule has 2 fully saturated rings. The minimum Gasteiger partial charge on any atom is -0.341 e. The molecule has 3 aliphatic rings. The van der Waals surface area contributed by atoms with Crippen molar-refractivity contribution in [1.82, 2.24) is 30.0 Å². The first-order valence-corrected chi connectivity index (χ1v) is 11.9. The molecule has 1 atom stereocenters. The summed E-state index contributed by atoms with van der Waals surface area (Å²) in [4.78, 5) is 31.2. The standard InChI is InChI=1S/C24H28N8O/c33-23(31-12-1-2-13-31)20-7-4-14-32(20)24-26-18-6-3-5-17(18)22(28-24)27-21-15-19(29-30-21)16-8-10-25-11-9-16/h8-11,15,20H,1-7,12-14H2,(H2,26,27,28,29,30)/t20-/m1/s1. The second kappa shape index (κ2) is 8.46. The molecule has 9 heteroatoms. The van der Waals surface area contributed by atoms with E-state index in [9.17, 15) is 4.79 Å². The molecule has 2 saturated heterocycles. The molecule has 2 N–H and O–H groups in total. The number of aromatic nitrogens is 5. The molecule has 0 spiro atoms. The van der Waals surface area contributed by atoms with E-state index >= 15 is 0 Å². The number of fused-ring (bicyclic) bond motifs is 1. The number of hydrogen-bond acceptors (Lipinski definition) is 7. The molecular formula is C24H28N8O. The predicted molar refractivity (Wildman–Crippen MR) is 125 cm³/mol. The number of pyridine rings is 1. The van der Waals surface area contributed by atoms with Gasteiger partial charge >= 0.3 is 0 Å². The van der Waals surface area contributed by atoms with Crippen LogP contribution in [0.1, 0.15) is 43.4 Å². The van der Waals surface area contributed by atoms with Gasteiger partial charge in [-0.15, -0.1) is 0 Å². The minimum absolute atomic E-state index is 0.154. The molecule has 3 aromatic heterocycles. The Morgan fingerprint density at radius 3 is 2.73 bits per heavy atom. The average Bonchev–Trinajstić information content (AvgIpc) is 3.65. The van der Waals surface area contributed by atoms with Crippen molar-refractivity contribution in [3.63, 3.8) is 0 Å². The maximum atomic E-state index is 13.2. The predicted octanol–water partition coefficient (Wildman–Crippen LogP) is 3.09. The molecule has 0 saturated carbocycles. The quantitative estimate of drug-likeness (QED) is 0.623. The number of hydrogen-bond donors (Lipinski definition) is 2. The first kappa shape index (κ1) is 20.1. The van der Waals surface area contributed by atoms with Crippen molar-refractivity contribution in [2.24, 2.45) is 0 Å². The highest BCUT2D eigenvalue weighted by atomic mass is 16.2. The monoisotopic (exact) mass is 444 g/mol. The molecule has 1 aliphatic carbocycles. The Bertz CT molecular complexity index is 1150. The number of nitrogens with zero attached hydrogens (tertiary/aromatic N) is 6. The van der Waals surface area contributed by atoms with Gasteiger partial charge in [0.2, 0.25) is 11.9 Å². The van der Waals surface area contributed by atoms with E-state index in [1.54, 1.807) is 12.4 Å². The third-order valence-electron chi connectivity index (χ3n) is 6.95. The van der Waals surface area contributed by atoms with Gasteiger partial charge in [0, 0.05) is 49.2 Å². The molecule has 9 nitrogen and oxygen atoms in total. The van der Waals surface area contributed by atoms with Crippen LogP contribution in [0.4, 0.5) is 17.6 Å². The van der Waals surface area contributed by atoms with Crippen molar-refractivity contribution in [2.45, 2.75) is 51.0 Å². The Labute approximate surface area is 192 Å². The van der Waals surface area contributed by atoms with Crippen LogP contribution in [0.25, 0.3) is 11.3 Å². The molecule has 0 aromatic carbocycles. The molecule has 1 amide bonds. The van der Waals surface area contributed by atoms with Gasteiger partial charge in [0.25, 0.3) is 0 Å². The molecule has 0 radical (unpaired) electrons. The number of aryl methyl sites for hydroxylation is 1. The zero-order valence-corrected chi connectivity index (χ0v) is 18.6. The summed E-state index contributed by atoms with van der Waals surface area (Å²) in [6.07, 6.45) is 10.6. The van der Waals surface area contributed by atoms with Crippen LogP contribution in [-0.4, -0.2) is 61.6 Å². The highest BCUT2D eigenvalue weighted by molar-refractivity contribution is 5.85. The second-order valence-corrected chi connectivity index (χ2v) is 9.06. The molecule has 2 aliphatic heterocycles. The highest BCUT2D eigenvalue weighted by Crippen LogP contribution is 2.33. The van der Waals surface area contributed by atoms with Crippen molar-refractivity contribution >= 4 is 23.5 Å². The largest absolute Gasteiger partial charge is 0.341 e. The van der Waals surface area contributed by atoms with Crippen LogP contribution in [0.15, 0.2) is 30.6 Å². The summed E-state index contributed by atoms with van der Waals surface area (Å²) in [5.74, 6) is 2.42. The fourth-order valence-corrected chi connectivity index (χ4v) is 5.25. The lowest BCUT2D eigenvalue weighted by molar-refractivity contribution is -0.131. The summed E-state index contributed by atoms with van der Waals surface area (Å²) >= 11 is 0. The van der Waals surface area contributed by atoms with Gasteiger partial charge in [0.1, 0.15) is 11.9 Å². The fraction of sp³-hybridized carbons (Fsp3) is 0.458. The Balaban J connectivity index is 1.29. The molecule has 0 unspecified atom stereocenters. The number of likely N-dealkylation sites (tertiary alicyclic amines) is 1. The topological polar surface area (TPSA) is 103 Å². The van der Waals surface area contributed by atoms with Crippen molar-refractivity contribution in [3.05, 3.63) is 41.9 Å². The third kappa shape index (κ3) is 3.81. The lowest BCUT2D eigenvalue weighted by Crippen LogP contribution is -2.45. The van der Waals surface area contributed by atoms with E-state index in [4.69, 9.17) is 9.97 Å². The molecule has 33 heavy (non-hydrogen) atoms. The minimum atomic E-state index is -0.154. The molecule has 170 valence electrons. The van der Waals surface area contributed by atoms with Gasteiger partial charge in [0.05, 0.1) is 11.4 Å². The SMILES string of the molecule is O=C([C@H]1CCCN1c1nc2c(c(Nc3cc(-c4ccncc4)[nH]n3)n1)CCC2)N1CCCC1. The Kier molecular flexibility index (Phi) is 5.16. The number of amides is 1. The molecule has 5 heterocycles. The first-order valence-electron chi connectivity index (χ1n) is 11.9. The zero-order valence-electron chi connectivity index (χ0n) is 18.6. The van der Waals surface area contributed by atoms with Gasteiger partial charge in [-0.2, -0.15) is 10.1 Å². The van der Waals surface area contributed by atoms with Crippen LogP contribution in [-0.2, 0) is 17.6 Å². The van der Waals surface area contributed by atoms with Crippen molar-refractivity contribution in [1.29, 1.82) is 0 Å². The van der Waals surface area contributed by atoms with Crippen LogP contribution >= 0.6 is 0 Å². The smallest absolute Gasteiger partial charge is 0.245 e. The molecule has 0 bridgehead atoms. The normalized spacial score (nSPS) is 19.8. The number of rotatable bonds is 5. The summed E-state index contributed by atoms with van der Waals surface area (Å²) in [6, 6.07) is 5.72. The van der Waals surface area contributed by atoms with Crippen molar-refractivity contribution in [2.75, 3.05) is 29.9 Å². The van der Waals surface area contributed by atoms with E-state index < -0.39 is 0 Å². The number of carbonyl (C=O) groups excluding carboxylic acids is 1. The zero-order chi connectivity index (χ0) is 22.2. The number of H-pyrrole nitrogens is 1. The number of nitrogens with one attached hydrogen (secondary N) is 2. The molecule has 6 rings (SSSR count). The lowest BCUT2D eigenvalue weighted by atomic mass is 10.2. The van der Waals surface area contributed by atoms with E-state index in [1.807, 2.05) is 23.1 Å². The second-order valence-electron chi connectivity index (χ2n) is 9.06. The van der Waals surface area contributed by atoms with Crippen LogP contribution < -0.4 is 10.2 Å². The summed E-state index contributed by atoms with van der Waals surface area (Å²) in [6.45, 7) is 2.57. The Morgan fingerprint density at radius 2 is 1.88 bits per heavy atom.